The minimum absolute atomic E-state index is 0.0953. The smallest absolute Gasteiger partial charge is 0.259 e. The molecule has 1 rings (SSSR count). The van der Waals surface area contributed by atoms with Gasteiger partial charge in [-0.05, 0) is 18.6 Å². The summed E-state index contributed by atoms with van der Waals surface area (Å²) in [6.07, 6.45) is 12.7. The van der Waals surface area contributed by atoms with Crippen molar-refractivity contribution < 1.29 is 9.59 Å². The van der Waals surface area contributed by atoms with Gasteiger partial charge in [-0.2, -0.15) is 5.10 Å². The topological polar surface area (TPSA) is 70.6 Å². The highest BCUT2D eigenvalue weighted by molar-refractivity contribution is 6.36. The molecular formula is C21H31Cl2N3O2. The van der Waals surface area contributed by atoms with Crippen molar-refractivity contribution in [2.45, 2.75) is 71.1 Å². The van der Waals surface area contributed by atoms with Gasteiger partial charge in [-0.3, -0.25) is 9.59 Å². The molecule has 0 unspecified atom stereocenters. The number of hydrogen-bond donors (Lipinski definition) is 2. The third-order valence-electron chi connectivity index (χ3n) is 4.31. The van der Waals surface area contributed by atoms with Gasteiger partial charge < -0.3 is 5.32 Å². The van der Waals surface area contributed by atoms with E-state index in [1.807, 2.05) is 0 Å². The highest BCUT2D eigenvalue weighted by Gasteiger charge is 2.05. The second kappa shape index (κ2) is 15.3. The largest absolute Gasteiger partial charge is 0.347 e. The molecule has 1 aromatic rings. The molecule has 2 N–H and O–H groups in total. The lowest BCUT2D eigenvalue weighted by Gasteiger charge is -2.05. The molecule has 2 amide bonds. The molecule has 0 saturated carbocycles. The number of halogens is 2. The van der Waals surface area contributed by atoms with Gasteiger partial charge in [-0.15, -0.1) is 0 Å². The zero-order valence-electron chi connectivity index (χ0n) is 16.6. The first kappa shape index (κ1) is 24.4. The van der Waals surface area contributed by atoms with E-state index in [1.165, 1.54) is 51.2 Å². The molecule has 0 bridgehead atoms. The van der Waals surface area contributed by atoms with E-state index >= 15 is 0 Å². The van der Waals surface area contributed by atoms with E-state index in [4.69, 9.17) is 23.2 Å². The van der Waals surface area contributed by atoms with Crippen LogP contribution in [0.5, 0.6) is 0 Å². The quantitative estimate of drug-likeness (QED) is 0.234. The van der Waals surface area contributed by atoms with Gasteiger partial charge in [-0.25, -0.2) is 5.43 Å². The summed E-state index contributed by atoms with van der Waals surface area (Å²) in [5.74, 6) is -0.496. The van der Waals surface area contributed by atoms with Crippen LogP contribution in [-0.4, -0.2) is 24.6 Å². The number of carbonyl (C=O) groups excluding carboxylic acids is 2. The summed E-state index contributed by atoms with van der Waals surface area (Å²) in [7, 11) is 0. The number of nitrogens with one attached hydrogen (secondary N) is 2. The van der Waals surface area contributed by atoms with Crippen LogP contribution in [0.2, 0.25) is 10.0 Å². The average molecular weight is 428 g/mol. The Kier molecular flexibility index (Phi) is 13.4. The van der Waals surface area contributed by atoms with Gasteiger partial charge in [0.05, 0.1) is 17.8 Å². The van der Waals surface area contributed by atoms with Crippen molar-refractivity contribution in [3.8, 4) is 0 Å². The Balaban J connectivity index is 2.06. The van der Waals surface area contributed by atoms with Crippen LogP contribution in [0.25, 0.3) is 0 Å². The molecule has 7 heteroatoms. The maximum Gasteiger partial charge on any atom is 0.259 e. The predicted molar refractivity (Wildman–Crippen MR) is 117 cm³/mol. The maximum absolute atomic E-state index is 11.8. The molecule has 0 atom stereocenters. The normalized spacial score (nSPS) is 11.0. The number of unbranched alkanes of at least 4 members (excludes halogenated alkanes) is 8. The van der Waals surface area contributed by atoms with E-state index in [9.17, 15) is 9.59 Å². The first-order chi connectivity index (χ1) is 13.5. The maximum atomic E-state index is 11.8. The third-order valence-corrected chi connectivity index (χ3v) is 4.87. The van der Waals surface area contributed by atoms with Crippen LogP contribution in [0, 0.1) is 0 Å². The Morgan fingerprint density at radius 1 is 0.964 bits per heavy atom. The minimum atomic E-state index is -0.387. The van der Waals surface area contributed by atoms with Gasteiger partial charge >= 0.3 is 0 Å². The van der Waals surface area contributed by atoms with E-state index in [-0.39, 0.29) is 18.4 Å². The molecule has 28 heavy (non-hydrogen) atoms. The summed E-state index contributed by atoms with van der Waals surface area (Å²) in [4.78, 5) is 23.5. The molecule has 1 aromatic carbocycles. The van der Waals surface area contributed by atoms with Crippen LogP contribution in [0.15, 0.2) is 23.3 Å². The lowest BCUT2D eigenvalue weighted by Crippen LogP contribution is -2.34. The van der Waals surface area contributed by atoms with Gasteiger partial charge in [0.2, 0.25) is 5.91 Å². The minimum Gasteiger partial charge on any atom is -0.347 e. The summed E-state index contributed by atoms with van der Waals surface area (Å²) < 4.78 is 0. The highest BCUT2D eigenvalue weighted by atomic mass is 35.5. The van der Waals surface area contributed by atoms with Crippen LogP contribution < -0.4 is 10.7 Å². The summed E-state index contributed by atoms with van der Waals surface area (Å²) in [6.45, 7) is 2.13. The van der Waals surface area contributed by atoms with E-state index in [0.717, 1.165) is 12.8 Å². The Morgan fingerprint density at radius 2 is 1.61 bits per heavy atom. The first-order valence-electron chi connectivity index (χ1n) is 10.1. The number of amides is 2. The highest BCUT2D eigenvalue weighted by Crippen LogP contribution is 2.19. The van der Waals surface area contributed by atoms with Gasteiger partial charge in [0.15, 0.2) is 0 Å². The molecule has 0 radical (unpaired) electrons. The number of hydrogen-bond acceptors (Lipinski definition) is 3. The van der Waals surface area contributed by atoms with Crippen molar-refractivity contribution in [2.24, 2.45) is 5.10 Å². The number of carbonyl (C=O) groups is 2. The van der Waals surface area contributed by atoms with Gasteiger partial charge in [-0.1, -0.05) is 87.6 Å². The Hall–Kier alpha value is -1.59. The fourth-order valence-electron chi connectivity index (χ4n) is 2.68. The van der Waals surface area contributed by atoms with E-state index in [2.05, 4.69) is 22.8 Å². The van der Waals surface area contributed by atoms with Crippen molar-refractivity contribution in [3.05, 3.63) is 33.8 Å². The van der Waals surface area contributed by atoms with Crippen LogP contribution in [0.1, 0.15) is 76.7 Å². The standard InChI is InChI=1S/C21H31Cl2N3O2/c1-2-3-4-5-6-7-8-9-10-11-20(27)24-16-21(28)26-25-15-17-12-13-18(22)14-19(17)23/h12-15H,2-11,16H2,1H3,(H,24,27)(H,26,28)/b25-15+. The van der Waals surface area contributed by atoms with Gasteiger partial charge in [0.1, 0.15) is 0 Å². The fraction of sp³-hybridized carbons (Fsp3) is 0.571. The van der Waals surface area contributed by atoms with Crippen molar-refractivity contribution in [2.75, 3.05) is 6.54 Å². The zero-order valence-corrected chi connectivity index (χ0v) is 18.1. The molecule has 0 heterocycles. The Labute approximate surface area is 178 Å². The zero-order chi connectivity index (χ0) is 20.6. The monoisotopic (exact) mass is 427 g/mol. The summed E-state index contributed by atoms with van der Waals surface area (Å²) >= 11 is 11.8. The lowest BCUT2D eigenvalue weighted by molar-refractivity contribution is -0.126. The second-order valence-electron chi connectivity index (χ2n) is 6.81. The molecule has 0 aromatic heterocycles. The van der Waals surface area contributed by atoms with Gasteiger partial charge in [0, 0.05) is 17.0 Å². The molecule has 0 aliphatic heterocycles. The lowest BCUT2D eigenvalue weighted by atomic mass is 10.1. The molecule has 0 fully saturated rings. The average Bonchev–Trinajstić information content (AvgIpc) is 2.67. The summed E-state index contributed by atoms with van der Waals surface area (Å²) in [5, 5.41) is 7.41. The van der Waals surface area contributed by atoms with Gasteiger partial charge in [0.25, 0.3) is 5.91 Å². The third kappa shape index (κ3) is 12.0. The van der Waals surface area contributed by atoms with Crippen molar-refractivity contribution in [1.29, 1.82) is 0 Å². The van der Waals surface area contributed by atoms with E-state index in [0.29, 0.717) is 22.0 Å². The predicted octanol–water partition coefficient (Wildman–Crippen LogP) is 5.48. The van der Waals surface area contributed by atoms with Crippen LogP contribution in [-0.2, 0) is 9.59 Å². The fourth-order valence-corrected chi connectivity index (χ4v) is 3.14. The summed E-state index contributed by atoms with van der Waals surface area (Å²) in [6, 6.07) is 4.98. The number of rotatable bonds is 14. The molecule has 156 valence electrons. The molecule has 0 saturated heterocycles. The van der Waals surface area contributed by atoms with Crippen molar-refractivity contribution >= 4 is 41.2 Å². The van der Waals surface area contributed by atoms with Crippen molar-refractivity contribution in [1.82, 2.24) is 10.7 Å². The first-order valence-corrected chi connectivity index (χ1v) is 10.8. The van der Waals surface area contributed by atoms with E-state index < -0.39 is 0 Å². The number of hydrazone groups is 1. The SMILES string of the molecule is CCCCCCCCCCCC(=O)NCC(=O)N/N=C/c1ccc(Cl)cc1Cl. The van der Waals surface area contributed by atoms with Crippen LogP contribution in [0.3, 0.4) is 0 Å². The molecule has 5 nitrogen and oxygen atoms in total. The molecule has 0 aliphatic carbocycles. The Morgan fingerprint density at radius 3 is 2.25 bits per heavy atom. The van der Waals surface area contributed by atoms with E-state index in [1.54, 1.807) is 18.2 Å². The molecule has 0 spiro atoms. The second-order valence-corrected chi connectivity index (χ2v) is 7.66. The number of benzene rings is 1. The number of nitrogens with zero attached hydrogens (tertiary/aromatic N) is 1. The Bertz CT molecular complexity index is 636. The summed E-state index contributed by atoms with van der Waals surface area (Å²) in [5.41, 5.74) is 3.00. The molecule has 0 aliphatic rings. The van der Waals surface area contributed by atoms with Crippen molar-refractivity contribution in [3.63, 3.8) is 0 Å². The van der Waals surface area contributed by atoms with Crippen LogP contribution in [0.4, 0.5) is 0 Å². The molecular weight excluding hydrogens is 397 g/mol. The van der Waals surface area contributed by atoms with Crippen LogP contribution >= 0.6 is 23.2 Å².